The van der Waals surface area contributed by atoms with Gasteiger partial charge in [0.2, 0.25) is 5.91 Å². The van der Waals surface area contributed by atoms with Gasteiger partial charge in [0.15, 0.2) is 6.29 Å². The van der Waals surface area contributed by atoms with E-state index < -0.39 is 0 Å². The standard InChI is InChI=1S/C13H18N6O/c1-19-8-9(10-4-2-3-5-11(10)19)6-7-12(20)14-13-15-17-18-16-13/h2-5,8,13,15-18H,6-7H2,1H3,(H,14,20). The second-order valence-corrected chi connectivity index (χ2v) is 4.82. The van der Waals surface area contributed by atoms with E-state index in [1.807, 2.05) is 19.2 Å². The zero-order valence-electron chi connectivity index (χ0n) is 11.2. The van der Waals surface area contributed by atoms with Crippen LogP contribution in [0.4, 0.5) is 0 Å². The molecule has 106 valence electrons. The van der Waals surface area contributed by atoms with Gasteiger partial charge in [0.05, 0.1) is 0 Å². The van der Waals surface area contributed by atoms with Crippen LogP contribution in [0, 0.1) is 0 Å². The molecule has 0 bridgehead atoms. The lowest BCUT2D eigenvalue weighted by atomic mass is 10.1. The predicted octanol–water partition coefficient (Wildman–Crippen LogP) is -0.372. The van der Waals surface area contributed by atoms with Crippen molar-refractivity contribution in [3.8, 4) is 0 Å². The zero-order valence-corrected chi connectivity index (χ0v) is 11.2. The third-order valence-electron chi connectivity index (χ3n) is 3.40. The molecule has 0 atom stereocenters. The van der Waals surface area contributed by atoms with Crippen LogP contribution in [0.5, 0.6) is 0 Å². The van der Waals surface area contributed by atoms with Crippen molar-refractivity contribution in [1.82, 2.24) is 31.8 Å². The molecule has 0 unspecified atom stereocenters. The maximum absolute atomic E-state index is 11.9. The van der Waals surface area contributed by atoms with Crippen molar-refractivity contribution in [2.75, 3.05) is 0 Å². The first-order valence-corrected chi connectivity index (χ1v) is 6.57. The van der Waals surface area contributed by atoms with Crippen molar-refractivity contribution in [3.63, 3.8) is 0 Å². The molecule has 1 aromatic carbocycles. The third kappa shape index (κ3) is 2.66. The zero-order chi connectivity index (χ0) is 13.9. The van der Waals surface area contributed by atoms with Gasteiger partial charge in [-0.05, 0) is 18.1 Å². The van der Waals surface area contributed by atoms with Crippen LogP contribution in [0.2, 0.25) is 0 Å². The molecule has 0 spiro atoms. The number of nitrogens with one attached hydrogen (secondary N) is 5. The van der Waals surface area contributed by atoms with Gasteiger partial charge in [-0.25, -0.2) is 10.9 Å². The summed E-state index contributed by atoms with van der Waals surface area (Å²) in [4.78, 5) is 11.9. The average molecular weight is 274 g/mol. The molecule has 1 aliphatic heterocycles. The quantitative estimate of drug-likeness (QED) is 0.525. The molecule has 1 aromatic heterocycles. The van der Waals surface area contributed by atoms with Gasteiger partial charge in [-0.15, -0.1) is 0 Å². The molecule has 0 radical (unpaired) electrons. The smallest absolute Gasteiger partial charge is 0.222 e. The molecule has 1 aliphatic rings. The topological polar surface area (TPSA) is 82.2 Å². The number of hydrogen-bond donors (Lipinski definition) is 5. The molecule has 5 N–H and O–H groups in total. The van der Waals surface area contributed by atoms with Gasteiger partial charge in [-0.2, -0.15) is 11.1 Å². The molecule has 0 saturated carbocycles. The summed E-state index contributed by atoms with van der Waals surface area (Å²) in [6.45, 7) is 0. The lowest BCUT2D eigenvalue weighted by Crippen LogP contribution is -2.49. The van der Waals surface area contributed by atoms with Gasteiger partial charge in [-0.1, -0.05) is 18.2 Å². The van der Waals surface area contributed by atoms with Crippen LogP contribution in [0.1, 0.15) is 12.0 Å². The highest BCUT2D eigenvalue weighted by Gasteiger charge is 2.15. The molecule has 2 aromatic rings. The van der Waals surface area contributed by atoms with Crippen molar-refractivity contribution in [1.29, 1.82) is 0 Å². The number of carbonyl (C=O) groups is 1. The number of fused-ring (bicyclic) bond motifs is 1. The van der Waals surface area contributed by atoms with E-state index in [1.165, 1.54) is 16.5 Å². The van der Waals surface area contributed by atoms with E-state index in [1.54, 1.807) is 0 Å². The Morgan fingerprint density at radius 3 is 2.85 bits per heavy atom. The Balaban J connectivity index is 1.63. The van der Waals surface area contributed by atoms with Gasteiger partial charge >= 0.3 is 0 Å². The van der Waals surface area contributed by atoms with Gasteiger partial charge in [-0.3, -0.25) is 4.79 Å². The third-order valence-corrected chi connectivity index (χ3v) is 3.40. The Hall–Kier alpha value is -1.93. The van der Waals surface area contributed by atoms with E-state index >= 15 is 0 Å². The largest absolute Gasteiger partial charge is 0.350 e. The Labute approximate surface area is 116 Å². The summed E-state index contributed by atoms with van der Waals surface area (Å²) in [7, 11) is 2.02. The number of hydrazine groups is 3. The fourth-order valence-electron chi connectivity index (χ4n) is 2.43. The van der Waals surface area contributed by atoms with E-state index in [0.717, 1.165) is 6.42 Å². The first kappa shape index (κ1) is 13.1. The summed E-state index contributed by atoms with van der Waals surface area (Å²) in [5.74, 6) is -0.00608. The molecule has 1 amide bonds. The summed E-state index contributed by atoms with van der Waals surface area (Å²) < 4.78 is 2.09. The monoisotopic (exact) mass is 274 g/mol. The number of hydrogen-bond acceptors (Lipinski definition) is 5. The molecule has 7 heteroatoms. The molecular weight excluding hydrogens is 256 g/mol. The maximum Gasteiger partial charge on any atom is 0.222 e. The molecule has 2 heterocycles. The Kier molecular flexibility index (Phi) is 3.66. The SMILES string of the molecule is Cn1cc(CCC(=O)NC2NNNN2)c2ccccc21. The van der Waals surface area contributed by atoms with Gasteiger partial charge in [0.1, 0.15) is 0 Å². The van der Waals surface area contributed by atoms with Crippen LogP contribution < -0.4 is 27.2 Å². The van der Waals surface area contributed by atoms with Crippen LogP contribution in [0.15, 0.2) is 30.5 Å². The van der Waals surface area contributed by atoms with E-state index in [0.29, 0.717) is 6.42 Å². The number of para-hydroxylation sites is 1. The van der Waals surface area contributed by atoms with Crippen molar-refractivity contribution >= 4 is 16.8 Å². The van der Waals surface area contributed by atoms with Crippen LogP contribution in [0.25, 0.3) is 10.9 Å². The first-order valence-electron chi connectivity index (χ1n) is 6.57. The van der Waals surface area contributed by atoms with E-state index in [-0.39, 0.29) is 12.2 Å². The summed E-state index contributed by atoms with van der Waals surface area (Å²) in [5.41, 5.74) is 13.3. The fraction of sp³-hybridized carbons (Fsp3) is 0.308. The Morgan fingerprint density at radius 1 is 1.30 bits per heavy atom. The van der Waals surface area contributed by atoms with Gasteiger partial charge < -0.3 is 9.88 Å². The lowest BCUT2D eigenvalue weighted by Gasteiger charge is -2.10. The molecule has 3 rings (SSSR count). The molecule has 0 aliphatic carbocycles. The van der Waals surface area contributed by atoms with Crippen molar-refractivity contribution in [2.45, 2.75) is 19.1 Å². The van der Waals surface area contributed by atoms with Crippen LogP contribution >= 0.6 is 0 Å². The minimum Gasteiger partial charge on any atom is -0.350 e. The van der Waals surface area contributed by atoms with Crippen LogP contribution in [-0.4, -0.2) is 16.8 Å². The minimum absolute atomic E-state index is 0.00608. The van der Waals surface area contributed by atoms with Gasteiger partial charge in [0, 0.05) is 30.6 Å². The molecule has 20 heavy (non-hydrogen) atoms. The van der Waals surface area contributed by atoms with Crippen LogP contribution in [0.3, 0.4) is 0 Å². The lowest BCUT2D eigenvalue weighted by molar-refractivity contribution is -0.122. The van der Waals surface area contributed by atoms with E-state index in [9.17, 15) is 4.79 Å². The second kappa shape index (κ2) is 5.59. The van der Waals surface area contributed by atoms with E-state index in [2.05, 4.69) is 50.1 Å². The number of carbonyl (C=O) groups excluding carboxylic acids is 1. The Bertz CT molecular complexity index is 616. The molecule has 1 saturated heterocycles. The minimum atomic E-state index is -0.296. The van der Waals surface area contributed by atoms with Crippen molar-refractivity contribution in [3.05, 3.63) is 36.0 Å². The highest BCUT2D eigenvalue weighted by atomic mass is 16.2. The number of aromatic nitrogens is 1. The van der Waals surface area contributed by atoms with Crippen molar-refractivity contribution < 1.29 is 4.79 Å². The predicted molar refractivity (Wildman–Crippen MR) is 75.7 cm³/mol. The second-order valence-electron chi connectivity index (χ2n) is 4.82. The van der Waals surface area contributed by atoms with E-state index in [4.69, 9.17) is 0 Å². The maximum atomic E-state index is 11.9. The summed E-state index contributed by atoms with van der Waals surface area (Å²) in [5, 5.41) is 4.02. The highest BCUT2D eigenvalue weighted by Crippen LogP contribution is 2.21. The Morgan fingerprint density at radius 2 is 2.05 bits per heavy atom. The molecule has 7 nitrogen and oxygen atoms in total. The van der Waals surface area contributed by atoms with Gasteiger partial charge in [0.25, 0.3) is 0 Å². The first-order chi connectivity index (χ1) is 9.74. The number of rotatable bonds is 4. The van der Waals surface area contributed by atoms with Crippen LogP contribution in [-0.2, 0) is 18.3 Å². The highest BCUT2D eigenvalue weighted by molar-refractivity contribution is 5.84. The summed E-state index contributed by atoms with van der Waals surface area (Å²) >= 11 is 0. The number of benzene rings is 1. The summed E-state index contributed by atoms with van der Waals surface area (Å²) in [6, 6.07) is 8.23. The molecular formula is C13H18N6O. The number of nitrogens with zero attached hydrogens (tertiary/aromatic N) is 1. The van der Waals surface area contributed by atoms with Crippen molar-refractivity contribution in [2.24, 2.45) is 7.05 Å². The average Bonchev–Trinajstić information content (AvgIpc) is 3.06. The summed E-state index contributed by atoms with van der Waals surface area (Å²) in [6.07, 6.45) is 2.97. The number of aryl methyl sites for hydroxylation is 2. The number of amides is 1. The molecule has 1 fully saturated rings. The normalized spacial score (nSPS) is 15.8. The fourth-order valence-corrected chi connectivity index (χ4v) is 2.43.